The highest BCUT2D eigenvalue weighted by Crippen LogP contribution is 2.10. The van der Waals surface area contributed by atoms with Gasteiger partial charge in [-0.25, -0.2) is 0 Å². The molecule has 94 valence electrons. The summed E-state index contributed by atoms with van der Waals surface area (Å²) in [6, 6.07) is 3.29. The number of rotatable bonds is 5. The number of hydrogen-bond donors (Lipinski definition) is 2. The lowest BCUT2D eigenvalue weighted by Crippen LogP contribution is -2.42. The van der Waals surface area contributed by atoms with Crippen LogP contribution in [0.1, 0.15) is 38.8 Å². The van der Waals surface area contributed by atoms with E-state index < -0.39 is 6.04 Å². The summed E-state index contributed by atoms with van der Waals surface area (Å²) in [6.45, 7) is 6.03. The number of aromatic nitrogens is 1. The van der Waals surface area contributed by atoms with Gasteiger partial charge < -0.3 is 11.1 Å². The molecule has 0 saturated carbocycles. The third kappa shape index (κ3) is 4.53. The standard InChI is InChI=1S/C13H21N3O/c1-9(2)7-12(14)13(17)16-10(3)11-5-4-6-15-8-11/h4-6,8-10,12H,7,14H2,1-3H3,(H,16,17)/t10-,12+/m1/s1. The van der Waals surface area contributed by atoms with Crippen LogP contribution < -0.4 is 11.1 Å². The predicted molar refractivity (Wildman–Crippen MR) is 68.2 cm³/mol. The summed E-state index contributed by atoms with van der Waals surface area (Å²) in [5.74, 6) is 0.319. The van der Waals surface area contributed by atoms with Crippen molar-refractivity contribution in [2.24, 2.45) is 11.7 Å². The van der Waals surface area contributed by atoms with Gasteiger partial charge in [0.2, 0.25) is 5.91 Å². The topological polar surface area (TPSA) is 68.0 Å². The molecule has 1 amide bonds. The first-order chi connectivity index (χ1) is 8.00. The van der Waals surface area contributed by atoms with Crippen LogP contribution in [0, 0.1) is 5.92 Å². The van der Waals surface area contributed by atoms with Gasteiger partial charge in [-0.05, 0) is 30.9 Å². The fourth-order valence-corrected chi connectivity index (χ4v) is 1.65. The summed E-state index contributed by atoms with van der Waals surface area (Å²) < 4.78 is 0. The number of nitrogens with one attached hydrogen (secondary N) is 1. The molecular formula is C13H21N3O. The van der Waals surface area contributed by atoms with Crippen molar-refractivity contribution in [3.63, 3.8) is 0 Å². The Morgan fingerprint density at radius 3 is 2.71 bits per heavy atom. The van der Waals surface area contributed by atoms with E-state index in [2.05, 4.69) is 24.1 Å². The monoisotopic (exact) mass is 235 g/mol. The minimum absolute atomic E-state index is 0.0607. The van der Waals surface area contributed by atoms with Gasteiger partial charge in [-0.2, -0.15) is 0 Å². The number of amides is 1. The highest BCUT2D eigenvalue weighted by atomic mass is 16.2. The third-order valence-corrected chi connectivity index (χ3v) is 2.61. The van der Waals surface area contributed by atoms with Gasteiger partial charge in [0.25, 0.3) is 0 Å². The van der Waals surface area contributed by atoms with E-state index in [1.165, 1.54) is 0 Å². The normalized spacial score (nSPS) is 14.4. The molecule has 1 aromatic rings. The summed E-state index contributed by atoms with van der Waals surface area (Å²) in [6.07, 6.45) is 4.16. The number of nitrogens with two attached hydrogens (primary N) is 1. The van der Waals surface area contributed by atoms with Crippen LogP contribution in [0.3, 0.4) is 0 Å². The van der Waals surface area contributed by atoms with Crippen LogP contribution in [0.4, 0.5) is 0 Å². The molecule has 0 saturated heterocycles. The molecule has 0 bridgehead atoms. The van der Waals surface area contributed by atoms with Gasteiger partial charge >= 0.3 is 0 Å². The van der Waals surface area contributed by atoms with Gasteiger partial charge in [0.15, 0.2) is 0 Å². The fraction of sp³-hybridized carbons (Fsp3) is 0.538. The molecule has 0 aliphatic rings. The van der Waals surface area contributed by atoms with Crippen molar-refractivity contribution in [2.75, 3.05) is 0 Å². The average molecular weight is 235 g/mol. The van der Waals surface area contributed by atoms with Gasteiger partial charge in [-0.15, -0.1) is 0 Å². The molecule has 0 aromatic carbocycles. The van der Waals surface area contributed by atoms with Crippen molar-refractivity contribution in [1.29, 1.82) is 0 Å². The molecule has 1 rings (SSSR count). The molecule has 0 unspecified atom stereocenters. The molecule has 0 aliphatic heterocycles. The highest BCUT2D eigenvalue weighted by molar-refractivity contribution is 5.81. The number of pyridine rings is 1. The number of carbonyl (C=O) groups excluding carboxylic acids is 1. The van der Waals surface area contributed by atoms with Crippen molar-refractivity contribution in [3.05, 3.63) is 30.1 Å². The number of nitrogens with zero attached hydrogens (tertiary/aromatic N) is 1. The fourth-order valence-electron chi connectivity index (χ4n) is 1.65. The van der Waals surface area contributed by atoms with E-state index in [1.54, 1.807) is 12.4 Å². The first kappa shape index (κ1) is 13.6. The second-order valence-electron chi connectivity index (χ2n) is 4.75. The molecule has 3 N–H and O–H groups in total. The molecule has 4 nitrogen and oxygen atoms in total. The van der Waals surface area contributed by atoms with E-state index in [-0.39, 0.29) is 11.9 Å². The Labute approximate surface area is 103 Å². The Balaban J connectivity index is 2.51. The summed E-state index contributed by atoms with van der Waals surface area (Å²) in [4.78, 5) is 15.8. The summed E-state index contributed by atoms with van der Waals surface area (Å²) in [7, 11) is 0. The minimum atomic E-state index is -0.436. The predicted octanol–water partition coefficient (Wildman–Crippen LogP) is 1.63. The van der Waals surface area contributed by atoms with E-state index in [1.807, 2.05) is 19.1 Å². The van der Waals surface area contributed by atoms with E-state index >= 15 is 0 Å². The second-order valence-corrected chi connectivity index (χ2v) is 4.75. The zero-order valence-electron chi connectivity index (χ0n) is 10.7. The van der Waals surface area contributed by atoms with E-state index in [0.29, 0.717) is 12.3 Å². The molecule has 1 aromatic heterocycles. The lowest BCUT2D eigenvalue weighted by Gasteiger charge is -2.18. The quantitative estimate of drug-likeness (QED) is 0.815. The maximum Gasteiger partial charge on any atom is 0.237 e. The zero-order valence-corrected chi connectivity index (χ0v) is 10.7. The SMILES string of the molecule is CC(C)C[C@H](N)C(=O)N[C@H](C)c1cccnc1. The summed E-state index contributed by atoms with van der Waals surface area (Å²) in [5.41, 5.74) is 6.80. The van der Waals surface area contributed by atoms with Crippen molar-refractivity contribution in [2.45, 2.75) is 39.3 Å². The van der Waals surface area contributed by atoms with Crippen molar-refractivity contribution in [1.82, 2.24) is 10.3 Å². The lowest BCUT2D eigenvalue weighted by atomic mass is 10.0. The molecular weight excluding hydrogens is 214 g/mol. The minimum Gasteiger partial charge on any atom is -0.348 e. The van der Waals surface area contributed by atoms with Crippen molar-refractivity contribution in [3.8, 4) is 0 Å². The second kappa shape index (κ2) is 6.35. The van der Waals surface area contributed by atoms with Crippen LogP contribution in [0.15, 0.2) is 24.5 Å². The molecule has 17 heavy (non-hydrogen) atoms. The Bertz CT molecular complexity index is 351. The molecule has 0 aliphatic carbocycles. The van der Waals surface area contributed by atoms with Gasteiger partial charge in [0, 0.05) is 12.4 Å². The molecule has 2 atom stereocenters. The molecule has 0 spiro atoms. The first-order valence-corrected chi connectivity index (χ1v) is 5.96. The molecule has 0 radical (unpaired) electrons. The first-order valence-electron chi connectivity index (χ1n) is 5.96. The molecule has 0 fully saturated rings. The van der Waals surface area contributed by atoms with E-state index in [0.717, 1.165) is 5.56 Å². The maximum atomic E-state index is 11.8. The van der Waals surface area contributed by atoms with Gasteiger partial charge in [0.1, 0.15) is 0 Å². The van der Waals surface area contributed by atoms with E-state index in [9.17, 15) is 4.79 Å². The van der Waals surface area contributed by atoms with Crippen LogP contribution >= 0.6 is 0 Å². The van der Waals surface area contributed by atoms with Crippen LogP contribution in [0.25, 0.3) is 0 Å². The smallest absolute Gasteiger partial charge is 0.237 e. The summed E-state index contributed by atoms with van der Waals surface area (Å²) >= 11 is 0. The van der Waals surface area contributed by atoms with Crippen LogP contribution in [-0.2, 0) is 4.79 Å². The maximum absolute atomic E-state index is 11.8. The van der Waals surface area contributed by atoms with Crippen LogP contribution in [0.5, 0.6) is 0 Å². The largest absolute Gasteiger partial charge is 0.348 e. The number of hydrogen-bond acceptors (Lipinski definition) is 3. The summed E-state index contributed by atoms with van der Waals surface area (Å²) in [5, 5.41) is 2.90. The highest BCUT2D eigenvalue weighted by Gasteiger charge is 2.17. The molecule has 4 heteroatoms. The van der Waals surface area contributed by atoms with Gasteiger partial charge in [0.05, 0.1) is 12.1 Å². The Kier molecular flexibility index (Phi) is 5.10. The van der Waals surface area contributed by atoms with Crippen LogP contribution in [-0.4, -0.2) is 16.9 Å². The number of carbonyl (C=O) groups is 1. The van der Waals surface area contributed by atoms with E-state index in [4.69, 9.17) is 5.73 Å². The lowest BCUT2D eigenvalue weighted by molar-refractivity contribution is -0.123. The van der Waals surface area contributed by atoms with Crippen LogP contribution in [0.2, 0.25) is 0 Å². The van der Waals surface area contributed by atoms with Crippen molar-refractivity contribution < 1.29 is 4.79 Å². The Hall–Kier alpha value is -1.42. The zero-order chi connectivity index (χ0) is 12.8. The Morgan fingerprint density at radius 2 is 2.18 bits per heavy atom. The average Bonchev–Trinajstić information content (AvgIpc) is 2.29. The Morgan fingerprint density at radius 1 is 1.47 bits per heavy atom. The van der Waals surface area contributed by atoms with Gasteiger partial charge in [-0.3, -0.25) is 9.78 Å². The van der Waals surface area contributed by atoms with Gasteiger partial charge in [-0.1, -0.05) is 19.9 Å². The third-order valence-electron chi connectivity index (χ3n) is 2.61. The van der Waals surface area contributed by atoms with Crippen molar-refractivity contribution >= 4 is 5.91 Å². The molecule has 1 heterocycles.